The maximum Gasteiger partial charge on any atom is 0.271 e. The van der Waals surface area contributed by atoms with Gasteiger partial charge in [0.2, 0.25) is 5.91 Å². The molecule has 2 heterocycles. The molecule has 168 valence electrons. The van der Waals surface area contributed by atoms with Crippen LogP contribution in [0.25, 0.3) is 0 Å². The van der Waals surface area contributed by atoms with Gasteiger partial charge in [0.25, 0.3) is 5.91 Å². The van der Waals surface area contributed by atoms with E-state index in [1.807, 2.05) is 75.4 Å². The summed E-state index contributed by atoms with van der Waals surface area (Å²) in [5.41, 5.74) is 3.00. The van der Waals surface area contributed by atoms with Crippen molar-refractivity contribution >= 4 is 28.8 Å². The van der Waals surface area contributed by atoms with Gasteiger partial charge in [0.1, 0.15) is 16.7 Å². The van der Waals surface area contributed by atoms with E-state index < -0.39 is 6.04 Å². The van der Waals surface area contributed by atoms with Crippen molar-refractivity contribution in [2.45, 2.75) is 33.4 Å². The highest BCUT2D eigenvalue weighted by Gasteiger charge is 2.35. The number of hydrogen-bond acceptors (Lipinski definition) is 5. The van der Waals surface area contributed by atoms with Crippen LogP contribution in [0.1, 0.15) is 43.3 Å². The van der Waals surface area contributed by atoms with Crippen molar-refractivity contribution in [3.63, 3.8) is 0 Å². The van der Waals surface area contributed by atoms with E-state index in [-0.39, 0.29) is 18.4 Å². The molecule has 0 bridgehead atoms. The zero-order valence-electron chi connectivity index (χ0n) is 18.7. The number of nitrogens with zero attached hydrogens (tertiary/aromatic N) is 2. The first kappa shape index (κ1) is 22.5. The van der Waals surface area contributed by atoms with Gasteiger partial charge in [-0.3, -0.25) is 14.5 Å². The summed E-state index contributed by atoms with van der Waals surface area (Å²) in [5, 5.41) is 3.74. The Bertz CT molecular complexity index is 1250. The Morgan fingerprint density at radius 2 is 1.82 bits per heavy atom. The van der Waals surface area contributed by atoms with Crippen LogP contribution < -0.4 is 10.2 Å². The average Bonchev–Trinajstić information content (AvgIpc) is 3.45. The van der Waals surface area contributed by atoms with Gasteiger partial charge in [0.05, 0.1) is 23.5 Å². The van der Waals surface area contributed by atoms with Crippen molar-refractivity contribution in [3.8, 4) is 0 Å². The fourth-order valence-electron chi connectivity index (χ4n) is 3.74. The predicted molar refractivity (Wildman–Crippen MR) is 129 cm³/mol. The van der Waals surface area contributed by atoms with E-state index in [0.29, 0.717) is 27.6 Å². The highest BCUT2D eigenvalue weighted by molar-refractivity contribution is 7.13. The van der Waals surface area contributed by atoms with Crippen LogP contribution in [0.5, 0.6) is 0 Å². The van der Waals surface area contributed by atoms with E-state index in [2.05, 4.69) is 10.3 Å². The number of thiazole rings is 1. The molecule has 6 nitrogen and oxygen atoms in total. The zero-order chi connectivity index (χ0) is 23.4. The number of hydrogen-bond donors (Lipinski definition) is 1. The Kier molecular flexibility index (Phi) is 6.70. The van der Waals surface area contributed by atoms with Crippen molar-refractivity contribution < 1.29 is 14.0 Å². The van der Waals surface area contributed by atoms with Crippen molar-refractivity contribution in [2.24, 2.45) is 0 Å². The zero-order valence-corrected chi connectivity index (χ0v) is 19.6. The lowest BCUT2D eigenvalue weighted by atomic mass is 10.0. The first-order valence-electron chi connectivity index (χ1n) is 10.6. The summed E-state index contributed by atoms with van der Waals surface area (Å²) in [4.78, 5) is 34.1. The summed E-state index contributed by atoms with van der Waals surface area (Å²) in [6.45, 7) is 5.88. The van der Waals surface area contributed by atoms with E-state index in [4.69, 9.17) is 4.42 Å². The topological polar surface area (TPSA) is 75.4 Å². The Hall–Kier alpha value is -3.71. The van der Waals surface area contributed by atoms with Crippen LogP contribution in [0.3, 0.4) is 0 Å². The first-order chi connectivity index (χ1) is 15.9. The third-order valence-corrected chi connectivity index (χ3v) is 6.30. The molecular formula is C26H25N3O3S. The Morgan fingerprint density at radius 1 is 1.03 bits per heavy atom. The van der Waals surface area contributed by atoms with Gasteiger partial charge in [-0.1, -0.05) is 42.5 Å². The number of carbonyl (C=O) groups excluding carboxylic acids is 2. The van der Waals surface area contributed by atoms with E-state index >= 15 is 0 Å². The molecule has 0 aliphatic carbocycles. The van der Waals surface area contributed by atoms with Gasteiger partial charge in [-0.25, -0.2) is 4.98 Å². The summed E-state index contributed by atoms with van der Waals surface area (Å²) in [6.07, 6.45) is 1.56. The molecule has 0 aliphatic rings. The number of aryl methyl sites for hydroxylation is 3. The third-order valence-electron chi connectivity index (χ3n) is 5.24. The van der Waals surface area contributed by atoms with Crippen molar-refractivity contribution in [1.82, 2.24) is 10.3 Å². The number of carbonyl (C=O) groups is 2. The number of aromatic nitrogens is 1. The number of benzene rings is 2. The molecule has 0 unspecified atom stereocenters. The van der Waals surface area contributed by atoms with E-state index in [9.17, 15) is 9.59 Å². The Labute approximate surface area is 196 Å². The van der Waals surface area contributed by atoms with E-state index in [0.717, 1.165) is 10.6 Å². The second kappa shape index (κ2) is 9.83. The number of furan rings is 1. The molecule has 4 rings (SSSR count). The normalized spacial score (nSPS) is 11.7. The highest BCUT2D eigenvalue weighted by Crippen LogP contribution is 2.32. The van der Waals surface area contributed by atoms with Gasteiger partial charge in [-0.2, -0.15) is 0 Å². The van der Waals surface area contributed by atoms with Gasteiger partial charge in [-0.05, 0) is 56.2 Å². The van der Waals surface area contributed by atoms with Gasteiger partial charge in [-0.15, -0.1) is 11.3 Å². The van der Waals surface area contributed by atoms with Crippen LogP contribution in [0.15, 0.2) is 77.4 Å². The SMILES string of the molecule is Cc1cccc(N(C(=O)c2sc(C)nc2C)[C@@H](C(=O)NCc2ccco2)c2ccccc2)c1. The van der Waals surface area contributed by atoms with Gasteiger partial charge in [0.15, 0.2) is 0 Å². The van der Waals surface area contributed by atoms with Gasteiger partial charge in [0, 0.05) is 5.69 Å². The van der Waals surface area contributed by atoms with Crippen LogP contribution in [-0.4, -0.2) is 16.8 Å². The van der Waals surface area contributed by atoms with Gasteiger partial charge >= 0.3 is 0 Å². The largest absolute Gasteiger partial charge is 0.467 e. The molecule has 0 fully saturated rings. The molecule has 0 saturated carbocycles. The molecule has 4 aromatic rings. The van der Waals surface area contributed by atoms with Crippen molar-refractivity contribution in [2.75, 3.05) is 4.90 Å². The maximum atomic E-state index is 13.9. The van der Waals surface area contributed by atoms with Gasteiger partial charge < -0.3 is 9.73 Å². The Balaban J connectivity index is 1.81. The number of rotatable bonds is 7. The molecule has 1 N–H and O–H groups in total. The van der Waals surface area contributed by atoms with Crippen LogP contribution >= 0.6 is 11.3 Å². The minimum atomic E-state index is -0.878. The van der Waals surface area contributed by atoms with Crippen LogP contribution in [0.2, 0.25) is 0 Å². The number of anilines is 1. The standard InChI is InChI=1S/C26H25N3O3S/c1-17-9-7-12-21(15-17)29(26(31)24-18(2)28-19(3)33-24)23(20-10-5-4-6-11-20)25(30)27-16-22-13-8-14-32-22/h4-15,23H,16H2,1-3H3,(H,27,30)/t23-/m1/s1. The lowest BCUT2D eigenvalue weighted by Gasteiger charge is -2.31. The fourth-order valence-corrected chi connectivity index (χ4v) is 4.59. The van der Waals surface area contributed by atoms with E-state index in [1.54, 1.807) is 23.3 Å². The quantitative estimate of drug-likeness (QED) is 0.403. The van der Waals surface area contributed by atoms with Crippen LogP contribution in [0.4, 0.5) is 5.69 Å². The summed E-state index contributed by atoms with van der Waals surface area (Å²) < 4.78 is 5.36. The Morgan fingerprint density at radius 3 is 2.45 bits per heavy atom. The summed E-state index contributed by atoms with van der Waals surface area (Å²) in [7, 11) is 0. The average molecular weight is 460 g/mol. The van der Waals surface area contributed by atoms with E-state index in [1.165, 1.54) is 11.3 Å². The van der Waals surface area contributed by atoms with Crippen molar-refractivity contribution in [3.05, 3.63) is 105 Å². The highest BCUT2D eigenvalue weighted by atomic mass is 32.1. The molecule has 33 heavy (non-hydrogen) atoms. The molecule has 2 aromatic carbocycles. The molecule has 2 amide bonds. The molecular weight excluding hydrogens is 434 g/mol. The minimum Gasteiger partial charge on any atom is -0.467 e. The second-order valence-corrected chi connectivity index (χ2v) is 8.98. The molecule has 0 spiro atoms. The number of nitrogens with one attached hydrogen (secondary N) is 1. The first-order valence-corrected chi connectivity index (χ1v) is 11.4. The molecule has 0 radical (unpaired) electrons. The maximum absolute atomic E-state index is 13.9. The summed E-state index contributed by atoms with van der Waals surface area (Å²) >= 11 is 1.34. The lowest BCUT2D eigenvalue weighted by Crippen LogP contribution is -2.44. The molecule has 1 atom stereocenters. The summed E-state index contributed by atoms with van der Waals surface area (Å²) in [6, 6.07) is 19.6. The third kappa shape index (κ3) is 5.04. The molecule has 0 saturated heterocycles. The summed E-state index contributed by atoms with van der Waals surface area (Å²) in [5.74, 6) is 0.0783. The smallest absolute Gasteiger partial charge is 0.271 e. The molecule has 0 aliphatic heterocycles. The minimum absolute atomic E-state index is 0.226. The molecule has 7 heteroatoms. The molecule has 2 aromatic heterocycles. The predicted octanol–water partition coefficient (Wildman–Crippen LogP) is 5.37. The van der Waals surface area contributed by atoms with Crippen LogP contribution in [0, 0.1) is 20.8 Å². The lowest BCUT2D eigenvalue weighted by molar-refractivity contribution is -0.122. The second-order valence-electron chi connectivity index (χ2n) is 7.77. The fraction of sp³-hybridized carbons (Fsp3) is 0.192. The monoisotopic (exact) mass is 459 g/mol. The number of amides is 2. The van der Waals surface area contributed by atoms with Crippen molar-refractivity contribution in [1.29, 1.82) is 0 Å². The van der Waals surface area contributed by atoms with Crippen LogP contribution in [-0.2, 0) is 11.3 Å².